The van der Waals surface area contributed by atoms with Gasteiger partial charge in [-0.1, -0.05) is 6.42 Å². The highest BCUT2D eigenvalue weighted by molar-refractivity contribution is 7.86. The molecule has 0 aromatic heterocycles. The molecule has 0 aliphatic carbocycles. The van der Waals surface area contributed by atoms with Crippen LogP contribution in [0.5, 0.6) is 0 Å². The third-order valence-electron chi connectivity index (χ3n) is 3.54. The lowest BCUT2D eigenvalue weighted by Crippen LogP contribution is -2.51. The number of rotatable bonds is 8. The van der Waals surface area contributed by atoms with Crippen LogP contribution in [-0.2, 0) is 14.9 Å². The van der Waals surface area contributed by atoms with Gasteiger partial charge in [-0.2, -0.15) is 17.0 Å². The Kier molecular flexibility index (Phi) is 6.87. The summed E-state index contributed by atoms with van der Waals surface area (Å²) in [7, 11) is -1.97. The third kappa shape index (κ3) is 4.69. The lowest BCUT2D eigenvalue weighted by atomic mass is 10.1. The van der Waals surface area contributed by atoms with Gasteiger partial charge in [0.15, 0.2) is 0 Å². The van der Waals surface area contributed by atoms with Gasteiger partial charge in [-0.3, -0.25) is 5.41 Å². The summed E-state index contributed by atoms with van der Waals surface area (Å²) in [4.78, 5) is 0. The largest absolute Gasteiger partial charge is 0.388 e. The summed E-state index contributed by atoms with van der Waals surface area (Å²) in [6.07, 6.45) is 3.10. The van der Waals surface area contributed by atoms with Crippen LogP contribution in [0.2, 0.25) is 0 Å². The summed E-state index contributed by atoms with van der Waals surface area (Å²) < 4.78 is 33.3. The van der Waals surface area contributed by atoms with Crippen LogP contribution >= 0.6 is 0 Å². The van der Waals surface area contributed by atoms with Crippen LogP contribution in [0, 0.1) is 5.41 Å². The number of nitrogens with one attached hydrogen (secondary N) is 1. The van der Waals surface area contributed by atoms with Gasteiger partial charge in [-0.15, -0.1) is 0 Å². The smallest absolute Gasteiger partial charge is 0.282 e. The highest BCUT2D eigenvalue weighted by atomic mass is 32.2. The molecule has 1 atom stereocenters. The second-order valence-corrected chi connectivity index (χ2v) is 7.01. The summed E-state index contributed by atoms with van der Waals surface area (Å²) in [6, 6.07) is 0.0242. The van der Waals surface area contributed by atoms with Gasteiger partial charge in [0.25, 0.3) is 10.2 Å². The minimum Gasteiger partial charge on any atom is -0.388 e. The van der Waals surface area contributed by atoms with E-state index in [1.807, 2.05) is 6.92 Å². The van der Waals surface area contributed by atoms with Crippen molar-refractivity contribution < 1.29 is 13.2 Å². The predicted molar refractivity (Wildman–Crippen MR) is 78.9 cm³/mol. The van der Waals surface area contributed by atoms with E-state index in [9.17, 15) is 8.42 Å². The van der Waals surface area contributed by atoms with Crippen molar-refractivity contribution in [1.82, 2.24) is 8.61 Å². The molecule has 1 unspecified atom stereocenters. The Labute approximate surface area is 121 Å². The third-order valence-corrected chi connectivity index (χ3v) is 5.69. The Hall–Kier alpha value is -0.700. The molecule has 0 saturated carbocycles. The van der Waals surface area contributed by atoms with Gasteiger partial charge in [-0.25, -0.2) is 0 Å². The fraction of sp³-hybridized carbons (Fsp3) is 0.917. The van der Waals surface area contributed by atoms with Crippen molar-refractivity contribution in [2.45, 2.75) is 38.6 Å². The quantitative estimate of drug-likeness (QED) is 0.500. The number of ether oxygens (including phenoxy) is 1. The highest BCUT2D eigenvalue weighted by Gasteiger charge is 2.34. The fourth-order valence-electron chi connectivity index (χ4n) is 2.34. The molecule has 7 nitrogen and oxygen atoms in total. The normalized spacial score (nSPS) is 21.2. The van der Waals surface area contributed by atoms with E-state index in [-0.39, 0.29) is 31.4 Å². The second-order valence-electron chi connectivity index (χ2n) is 5.13. The van der Waals surface area contributed by atoms with Gasteiger partial charge in [0.05, 0.1) is 12.4 Å². The number of methoxy groups -OCH3 is 1. The van der Waals surface area contributed by atoms with Gasteiger partial charge >= 0.3 is 0 Å². The van der Waals surface area contributed by atoms with Crippen LogP contribution in [0.4, 0.5) is 0 Å². The molecule has 0 aromatic rings. The Morgan fingerprint density at radius 3 is 2.70 bits per heavy atom. The molecule has 8 heteroatoms. The lowest BCUT2D eigenvalue weighted by Gasteiger charge is -2.36. The van der Waals surface area contributed by atoms with Crippen molar-refractivity contribution in [3.8, 4) is 0 Å². The maximum Gasteiger partial charge on any atom is 0.282 e. The number of amidine groups is 1. The molecule has 0 aromatic carbocycles. The first-order chi connectivity index (χ1) is 9.39. The molecule has 1 aliphatic rings. The predicted octanol–water partition coefficient (Wildman–Crippen LogP) is 0.380. The monoisotopic (exact) mass is 306 g/mol. The Morgan fingerprint density at radius 2 is 2.15 bits per heavy atom. The molecule has 1 fully saturated rings. The van der Waals surface area contributed by atoms with Crippen molar-refractivity contribution in [3.63, 3.8) is 0 Å². The molecule has 1 aliphatic heterocycles. The van der Waals surface area contributed by atoms with Gasteiger partial charge in [0, 0.05) is 39.2 Å². The molecule has 20 heavy (non-hydrogen) atoms. The molecular formula is C12H26N4O3S. The van der Waals surface area contributed by atoms with Crippen LogP contribution in [0.1, 0.15) is 32.6 Å². The summed E-state index contributed by atoms with van der Waals surface area (Å²) in [6.45, 7) is 3.35. The summed E-state index contributed by atoms with van der Waals surface area (Å²) in [5.74, 6) is -0.00527. The van der Waals surface area contributed by atoms with Crippen molar-refractivity contribution in [3.05, 3.63) is 0 Å². The van der Waals surface area contributed by atoms with Gasteiger partial charge in [-0.05, 0) is 19.8 Å². The van der Waals surface area contributed by atoms with Crippen molar-refractivity contribution >= 4 is 16.0 Å². The minimum atomic E-state index is -3.51. The molecular weight excluding hydrogens is 280 g/mol. The molecule has 0 bridgehead atoms. The number of hydrogen-bond acceptors (Lipinski definition) is 4. The molecule has 1 rings (SSSR count). The van der Waals surface area contributed by atoms with Gasteiger partial charge < -0.3 is 10.5 Å². The first-order valence-electron chi connectivity index (χ1n) is 6.98. The fourth-order valence-corrected chi connectivity index (χ4v) is 4.19. The van der Waals surface area contributed by atoms with Crippen molar-refractivity contribution in [2.75, 3.05) is 33.4 Å². The Morgan fingerprint density at radius 1 is 1.45 bits per heavy atom. The van der Waals surface area contributed by atoms with E-state index in [2.05, 4.69) is 0 Å². The van der Waals surface area contributed by atoms with Gasteiger partial charge in [0.2, 0.25) is 0 Å². The second kappa shape index (κ2) is 7.92. The molecule has 0 spiro atoms. The molecule has 1 saturated heterocycles. The van der Waals surface area contributed by atoms with Crippen LogP contribution in [0.15, 0.2) is 0 Å². The van der Waals surface area contributed by atoms with E-state index in [0.717, 1.165) is 19.3 Å². The van der Waals surface area contributed by atoms with Crippen molar-refractivity contribution in [1.29, 1.82) is 5.41 Å². The number of piperidine rings is 1. The number of hydrogen-bond donors (Lipinski definition) is 2. The summed E-state index contributed by atoms with van der Waals surface area (Å²) in [5, 5.41) is 7.26. The first-order valence-corrected chi connectivity index (χ1v) is 8.38. The lowest BCUT2D eigenvalue weighted by molar-refractivity contribution is 0.172. The maximum absolute atomic E-state index is 12.7. The topological polar surface area (TPSA) is 99.7 Å². The van der Waals surface area contributed by atoms with Crippen LogP contribution in [0.3, 0.4) is 0 Å². The Balaban J connectivity index is 2.81. The van der Waals surface area contributed by atoms with E-state index in [1.165, 1.54) is 4.31 Å². The number of nitrogens with zero attached hydrogens (tertiary/aromatic N) is 2. The van der Waals surface area contributed by atoms with Crippen LogP contribution < -0.4 is 5.73 Å². The van der Waals surface area contributed by atoms with E-state index in [4.69, 9.17) is 15.9 Å². The minimum absolute atomic E-state index is 0.00527. The summed E-state index contributed by atoms with van der Waals surface area (Å²) >= 11 is 0. The van der Waals surface area contributed by atoms with Crippen LogP contribution in [-0.4, -0.2) is 62.3 Å². The molecule has 1 heterocycles. The molecule has 0 amide bonds. The zero-order valence-electron chi connectivity index (χ0n) is 12.3. The average Bonchev–Trinajstić information content (AvgIpc) is 2.38. The van der Waals surface area contributed by atoms with E-state index in [1.54, 1.807) is 11.4 Å². The molecule has 0 radical (unpaired) electrons. The maximum atomic E-state index is 12.7. The standard InChI is InChI=1S/C12H26N4O3S/c1-11-5-3-4-7-16(11)20(17,18)15(9-10-19-2)8-6-12(13)14/h11H,3-10H2,1-2H3,(H3,13,14). The zero-order chi connectivity index (χ0) is 15.2. The number of nitrogens with two attached hydrogens (primary N) is 1. The first kappa shape index (κ1) is 17.4. The SMILES string of the molecule is COCCN(CCC(=N)N)S(=O)(=O)N1CCCCC1C. The molecule has 3 N–H and O–H groups in total. The van der Waals surface area contributed by atoms with Crippen LogP contribution in [0.25, 0.3) is 0 Å². The van der Waals surface area contributed by atoms with Gasteiger partial charge in [0.1, 0.15) is 0 Å². The van der Waals surface area contributed by atoms with Crippen molar-refractivity contribution in [2.24, 2.45) is 5.73 Å². The van der Waals surface area contributed by atoms with E-state index >= 15 is 0 Å². The molecule has 118 valence electrons. The average molecular weight is 306 g/mol. The van der Waals surface area contributed by atoms with E-state index < -0.39 is 10.2 Å². The Bertz CT molecular complexity index is 413. The highest BCUT2D eigenvalue weighted by Crippen LogP contribution is 2.22. The zero-order valence-corrected chi connectivity index (χ0v) is 13.2. The summed E-state index contributed by atoms with van der Waals surface area (Å²) in [5.41, 5.74) is 5.34. The van der Waals surface area contributed by atoms with E-state index in [0.29, 0.717) is 13.2 Å².